The predicted molar refractivity (Wildman–Crippen MR) is 112 cm³/mol. The lowest BCUT2D eigenvalue weighted by Gasteiger charge is -2.36. The molecule has 1 aliphatic rings. The van der Waals surface area contributed by atoms with Crippen molar-refractivity contribution in [1.82, 2.24) is 4.90 Å². The van der Waals surface area contributed by atoms with Gasteiger partial charge in [0.05, 0.1) is 18.8 Å². The van der Waals surface area contributed by atoms with E-state index in [1.807, 2.05) is 0 Å². The average molecular weight is 413 g/mol. The maximum absolute atomic E-state index is 12.5. The molecule has 8 heteroatoms. The maximum Gasteiger partial charge on any atom is 0.348 e. The van der Waals surface area contributed by atoms with Crippen molar-refractivity contribution in [2.24, 2.45) is 11.8 Å². The van der Waals surface area contributed by atoms with Gasteiger partial charge in [0.1, 0.15) is 9.88 Å². The summed E-state index contributed by atoms with van der Waals surface area (Å²) < 4.78 is 10.3. The van der Waals surface area contributed by atoms with Gasteiger partial charge in [-0.1, -0.05) is 13.8 Å². The fourth-order valence-electron chi connectivity index (χ4n) is 3.45. The van der Waals surface area contributed by atoms with Gasteiger partial charge in [-0.2, -0.15) is 0 Å². The molecule has 1 aliphatic heterocycles. The number of rotatable bonds is 5. The second-order valence-electron chi connectivity index (χ2n) is 6.98. The van der Waals surface area contributed by atoms with E-state index in [9.17, 15) is 9.59 Å². The standard InChI is InChI=1S/C19H28N2O4S2/c1-6-24-17(22)14-13(5)15(18(23)25-7-2)27-16(14)20-19(26)21-9-11(3)8-12(4)10-21/h11-12H,6-10H2,1-5H3,(H,20,26). The maximum atomic E-state index is 12.5. The summed E-state index contributed by atoms with van der Waals surface area (Å²) in [6.07, 6.45) is 1.18. The third-order valence-corrected chi connectivity index (χ3v) is 6.01. The van der Waals surface area contributed by atoms with Crippen LogP contribution in [-0.2, 0) is 9.47 Å². The number of anilines is 1. The molecule has 0 amide bonds. The van der Waals surface area contributed by atoms with Crippen LogP contribution in [0.3, 0.4) is 0 Å². The Kier molecular flexibility index (Phi) is 7.61. The van der Waals surface area contributed by atoms with Gasteiger partial charge < -0.3 is 19.7 Å². The van der Waals surface area contributed by atoms with Crippen molar-refractivity contribution in [2.75, 3.05) is 31.6 Å². The Morgan fingerprint density at radius 2 is 1.70 bits per heavy atom. The van der Waals surface area contributed by atoms with Gasteiger partial charge in [-0.05, 0) is 56.8 Å². The molecular formula is C19H28N2O4S2. The van der Waals surface area contributed by atoms with E-state index in [1.165, 1.54) is 17.8 Å². The first-order chi connectivity index (χ1) is 12.8. The van der Waals surface area contributed by atoms with Crippen molar-refractivity contribution in [3.05, 3.63) is 16.0 Å². The lowest BCUT2D eigenvalue weighted by molar-refractivity contribution is 0.0527. The van der Waals surface area contributed by atoms with Crippen molar-refractivity contribution in [2.45, 2.75) is 41.0 Å². The highest BCUT2D eigenvalue weighted by molar-refractivity contribution is 7.80. The Labute approximate surface area is 170 Å². The Bertz CT molecular complexity index is 707. The molecule has 1 fully saturated rings. The van der Waals surface area contributed by atoms with Crippen molar-refractivity contribution in [3.63, 3.8) is 0 Å². The molecular weight excluding hydrogens is 384 g/mol. The fraction of sp³-hybridized carbons (Fsp3) is 0.632. The van der Waals surface area contributed by atoms with Gasteiger partial charge in [0, 0.05) is 13.1 Å². The molecule has 27 heavy (non-hydrogen) atoms. The van der Waals surface area contributed by atoms with Crippen LogP contribution in [0.1, 0.15) is 59.7 Å². The van der Waals surface area contributed by atoms with E-state index in [0.717, 1.165) is 13.1 Å². The zero-order valence-corrected chi connectivity index (χ0v) is 18.2. The van der Waals surface area contributed by atoms with Crippen molar-refractivity contribution < 1.29 is 19.1 Å². The lowest BCUT2D eigenvalue weighted by atomic mass is 9.92. The highest BCUT2D eigenvalue weighted by atomic mass is 32.1. The van der Waals surface area contributed by atoms with Crippen LogP contribution in [0.5, 0.6) is 0 Å². The molecule has 0 radical (unpaired) electrons. The second-order valence-corrected chi connectivity index (χ2v) is 8.39. The molecule has 0 aromatic carbocycles. The number of likely N-dealkylation sites (tertiary alicyclic amines) is 1. The number of piperidine rings is 1. The van der Waals surface area contributed by atoms with Crippen LogP contribution in [0, 0.1) is 18.8 Å². The van der Waals surface area contributed by atoms with Crippen LogP contribution in [0.15, 0.2) is 0 Å². The third-order valence-electron chi connectivity index (χ3n) is 4.46. The monoisotopic (exact) mass is 412 g/mol. The van der Waals surface area contributed by atoms with E-state index in [-0.39, 0.29) is 13.2 Å². The minimum absolute atomic E-state index is 0.258. The van der Waals surface area contributed by atoms with Crippen molar-refractivity contribution >= 4 is 45.6 Å². The molecule has 6 nitrogen and oxygen atoms in total. The molecule has 2 heterocycles. The number of nitrogens with zero attached hydrogens (tertiary/aromatic N) is 1. The van der Waals surface area contributed by atoms with E-state index >= 15 is 0 Å². The number of carbonyl (C=O) groups excluding carboxylic acids is 2. The summed E-state index contributed by atoms with van der Waals surface area (Å²) in [6, 6.07) is 0. The minimum Gasteiger partial charge on any atom is -0.462 e. The van der Waals surface area contributed by atoms with Crippen LogP contribution in [0.2, 0.25) is 0 Å². The number of nitrogens with one attached hydrogen (secondary N) is 1. The molecule has 1 aromatic rings. The Hall–Kier alpha value is -1.67. The molecule has 0 saturated carbocycles. The van der Waals surface area contributed by atoms with Crippen LogP contribution in [0.4, 0.5) is 5.00 Å². The fourth-order valence-corrected chi connectivity index (χ4v) is 4.85. The van der Waals surface area contributed by atoms with Crippen LogP contribution in [0.25, 0.3) is 0 Å². The molecule has 2 rings (SSSR count). The summed E-state index contributed by atoms with van der Waals surface area (Å²) in [5.41, 5.74) is 0.910. The quantitative estimate of drug-likeness (QED) is 0.577. The first kappa shape index (κ1) is 21.6. The zero-order chi connectivity index (χ0) is 20.1. The zero-order valence-electron chi connectivity index (χ0n) is 16.6. The smallest absolute Gasteiger partial charge is 0.348 e. The normalized spacial score (nSPS) is 19.5. The van der Waals surface area contributed by atoms with Crippen LogP contribution < -0.4 is 5.32 Å². The number of carbonyl (C=O) groups is 2. The molecule has 1 saturated heterocycles. The number of esters is 2. The minimum atomic E-state index is -0.465. The van der Waals surface area contributed by atoms with E-state index < -0.39 is 11.9 Å². The van der Waals surface area contributed by atoms with Gasteiger partial charge >= 0.3 is 11.9 Å². The number of ether oxygens (including phenoxy) is 2. The number of thiocarbonyl (C=S) groups is 1. The molecule has 0 bridgehead atoms. The Morgan fingerprint density at radius 1 is 1.15 bits per heavy atom. The highest BCUT2D eigenvalue weighted by Gasteiger charge is 2.29. The molecule has 0 aliphatic carbocycles. The molecule has 2 unspecified atom stereocenters. The van der Waals surface area contributed by atoms with Crippen LogP contribution in [-0.4, -0.2) is 48.3 Å². The lowest BCUT2D eigenvalue weighted by Crippen LogP contribution is -2.44. The van der Waals surface area contributed by atoms with Gasteiger partial charge in [-0.15, -0.1) is 11.3 Å². The largest absolute Gasteiger partial charge is 0.462 e. The summed E-state index contributed by atoms with van der Waals surface area (Å²) >= 11 is 6.78. The molecule has 1 N–H and O–H groups in total. The number of hydrogen-bond acceptors (Lipinski definition) is 6. The molecule has 2 atom stereocenters. The Balaban J connectivity index is 2.30. The van der Waals surface area contributed by atoms with E-state index in [0.29, 0.717) is 38.0 Å². The molecule has 150 valence electrons. The Morgan fingerprint density at radius 3 is 2.26 bits per heavy atom. The van der Waals surface area contributed by atoms with Crippen LogP contribution >= 0.6 is 23.6 Å². The topological polar surface area (TPSA) is 67.9 Å². The SMILES string of the molecule is CCOC(=O)c1sc(NC(=S)N2CC(C)CC(C)C2)c(C(=O)OCC)c1C. The first-order valence-electron chi connectivity index (χ1n) is 9.31. The van der Waals surface area contributed by atoms with Crippen molar-refractivity contribution in [1.29, 1.82) is 0 Å². The second kappa shape index (κ2) is 9.50. The summed E-state index contributed by atoms with van der Waals surface area (Å²) in [4.78, 5) is 27.2. The summed E-state index contributed by atoms with van der Waals surface area (Å²) in [5.74, 6) is 0.202. The third kappa shape index (κ3) is 5.19. The van der Waals surface area contributed by atoms with E-state index in [1.54, 1.807) is 20.8 Å². The van der Waals surface area contributed by atoms with Gasteiger partial charge in [-0.3, -0.25) is 0 Å². The summed E-state index contributed by atoms with van der Waals surface area (Å²) in [6.45, 7) is 11.9. The highest BCUT2D eigenvalue weighted by Crippen LogP contribution is 2.35. The van der Waals surface area contributed by atoms with E-state index in [2.05, 4.69) is 24.1 Å². The molecule has 1 aromatic heterocycles. The van der Waals surface area contributed by atoms with Gasteiger partial charge in [0.25, 0.3) is 0 Å². The number of thiophene rings is 1. The first-order valence-corrected chi connectivity index (χ1v) is 10.5. The summed E-state index contributed by atoms with van der Waals surface area (Å²) in [5, 5.41) is 4.28. The molecule has 0 spiro atoms. The average Bonchev–Trinajstić information content (AvgIpc) is 2.90. The number of hydrogen-bond donors (Lipinski definition) is 1. The van der Waals surface area contributed by atoms with Gasteiger partial charge in [0.2, 0.25) is 0 Å². The predicted octanol–water partition coefficient (Wildman–Crippen LogP) is 4.08. The van der Waals surface area contributed by atoms with Crippen molar-refractivity contribution in [3.8, 4) is 0 Å². The van der Waals surface area contributed by atoms with Gasteiger partial charge in [-0.25, -0.2) is 9.59 Å². The van der Waals surface area contributed by atoms with Gasteiger partial charge in [0.15, 0.2) is 5.11 Å². The summed E-state index contributed by atoms with van der Waals surface area (Å²) in [7, 11) is 0. The van der Waals surface area contributed by atoms with E-state index in [4.69, 9.17) is 21.7 Å².